The van der Waals surface area contributed by atoms with E-state index in [0.29, 0.717) is 39.8 Å². The third-order valence-electron chi connectivity index (χ3n) is 3.86. The van der Waals surface area contributed by atoms with Crippen LogP contribution in [0, 0.1) is 0 Å². The summed E-state index contributed by atoms with van der Waals surface area (Å²) in [5, 5.41) is 5.42. The van der Waals surface area contributed by atoms with Gasteiger partial charge in [0, 0.05) is 5.02 Å². The number of rotatable bonds is 6. The highest BCUT2D eigenvalue weighted by Crippen LogP contribution is 2.38. The SMILES string of the molecule is CCOc1cc(C=C2C(=O)NC(=S)NC2=O)cc(Br)c1OCc1cccc(Cl)c1. The van der Waals surface area contributed by atoms with Crippen LogP contribution in [0.15, 0.2) is 46.4 Å². The summed E-state index contributed by atoms with van der Waals surface area (Å²) in [6, 6.07) is 10.8. The molecule has 0 spiro atoms. The molecule has 9 heteroatoms. The highest BCUT2D eigenvalue weighted by atomic mass is 79.9. The van der Waals surface area contributed by atoms with Crippen LogP contribution in [0.4, 0.5) is 0 Å². The first-order chi connectivity index (χ1) is 13.9. The van der Waals surface area contributed by atoms with Crippen LogP contribution in [0.1, 0.15) is 18.1 Å². The van der Waals surface area contributed by atoms with Gasteiger partial charge in [0.25, 0.3) is 11.8 Å². The predicted molar refractivity (Wildman–Crippen MR) is 118 cm³/mol. The molecule has 2 aromatic rings. The minimum atomic E-state index is -0.561. The lowest BCUT2D eigenvalue weighted by Gasteiger charge is -2.17. The summed E-state index contributed by atoms with van der Waals surface area (Å²) in [5.41, 5.74) is 1.44. The fraction of sp³-hybridized carbons (Fsp3) is 0.150. The van der Waals surface area contributed by atoms with Gasteiger partial charge in [-0.2, -0.15) is 0 Å². The van der Waals surface area contributed by atoms with Crippen LogP contribution in [0.25, 0.3) is 6.08 Å². The van der Waals surface area contributed by atoms with Crippen LogP contribution in [0.2, 0.25) is 5.02 Å². The largest absolute Gasteiger partial charge is 0.490 e. The summed E-state index contributed by atoms with van der Waals surface area (Å²) in [4.78, 5) is 24.1. The zero-order valence-electron chi connectivity index (χ0n) is 15.3. The Balaban J connectivity index is 1.90. The van der Waals surface area contributed by atoms with Crippen LogP contribution < -0.4 is 20.1 Å². The normalized spacial score (nSPS) is 13.6. The summed E-state index contributed by atoms with van der Waals surface area (Å²) >= 11 is 14.3. The molecule has 1 aliphatic rings. The molecule has 1 saturated heterocycles. The summed E-state index contributed by atoms with van der Waals surface area (Å²) in [7, 11) is 0. The van der Waals surface area contributed by atoms with E-state index >= 15 is 0 Å². The molecule has 6 nitrogen and oxygen atoms in total. The van der Waals surface area contributed by atoms with Gasteiger partial charge in [0.2, 0.25) is 0 Å². The number of carbonyl (C=O) groups excluding carboxylic acids is 2. The molecule has 0 saturated carbocycles. The molecule has 1 heterocycles. The second kappa shape index (κ2) is 9.39. The molecule has 0 atom stereocenters. The van der Waals surface area contributed by atoms with Gasteiger partial charge in [0.1, 0.15) is 12.2 Å². The van der Waals surface area contributed by atoms with E-state index in [9.17, 15) is 9.59 Å². The topological polar surface area (TPSA) is 76.7 Å². The van der Waals surface area contributed by atoms with Crippen molar-refractivity contribution in [2.24, 2.45) is 0 Å². The first-order valence-electron chi connectivity index (χ1n) is 8.59. The quantitative estimate of drug-likeness (QED) is 0.360. The van der Waals surface area contributed by atoms with E-state index in [-0.39, 0.29) is 10.7 Å². The molecule has 1 aliphatic heterocycles. The summed E-state index contributed by atoms with van der Waals surface area (Å²) < 4.78 is 12.2. The highest BCUT2D eigenvalue weighted by molar-refractivity contribution is 9.10. The number of benzene rings is 2. The Hall–Kier alpha value is -2.42. The van der Waals surface area contributed by atoms with Gasteiger partial charge in [0.15, 0.2) is 16.6 Å². The van der Waals surface area contributed by atoms with Crippen molar-refractivity contribution >= 4 is 62.8 Å². The molecule has 0 aliphatic carbocycles. The molecule has 0 unspecified atom stereocenters. The molecule has 29 heavy (non-hydrogen) atoms. The van der Waals surface area contributed by atoms with Crippen LogP contribution in [-0.4, -0.2) is 23.5 Å². The maximum absolute atomic E-state index is 12.1. The second-order valence-electron chi connectivity index (χ2n) is 5.98. The maximum atomic E-state index is 12.1. The zero-order valence-corrected chi connectivity index (χ0v) is 18.4. The number of halogens is 2. The van der Waals surface area contributed by atoms with Crippen molar-refractivity contribution < 1.29 is 19.1 Å². The molecule has 0 bridgehead atoms. The van der Waals surface area contributed by atoms with Crippen molar-refractivity contribution in [1.29, 1.82) is 0 Å². The van der Waals surface area contributed by atoms with Crippen molar-refractivity contribution in [3.8, 4) is 11.5 Å². The lowest BCUT2D eigenvalue weighted by molar-refractivity contribution is -0.123. The van der Waals surface area contributed by atoms with E-state index in [2.05, 4.69) is 26.6 Å². The fourth-order valence-corrected chi connectivity index (χ4v) is 3.60. The zero-order chi connectivity index (χ0) is 21.0. The first-order valence-corrected chi connectivity index (χ1v) is 10.2. The van der Waals surface area contributed by atoms with Crippen molar-refractivity contribution in [1.82, 2.24) is 10.6 Å². The van der Waals surface area contributed by atoms with E-state index in [0.717, 1.165) is 5.56 Å². The average Bonchev–Trinajstić information content (AvgIpc) is 2.64. The van der Waals surface area contributed by atoms with Gasteiger partial charge in [-0.25, -0.2) is 0 Å². The smallest absolute Gasteiger partial charge is 0.263 e. The Morgan fingerprint density at radius 3 is 2.52 bits per heavy atom. The fourth-order valence-electron chi connectivity index (χ4n) is 2.63. The van der Waals surface area contributed by atoms with E-state index in [1.807, 2.05) is 25.1 Å². The van der Waals surface area contributed by atoms with Crippen molar-refractivity contribution in [3.63, 3.8) is 0 Å². The standard InChI is InChI=1S/C20H16BrClN2O4S/c1-2-27-16-9-12(7-14-18(25)23-20(29)24-19(14)26)8-15(21)17(16)28-10-11-4-3-5-13(22)6-11/h3-9H,2,10H2,1H3,(H2,23,24,25,26,29). The molecule has 2 N–H and O–H groups in total. The van der Waals surface area contributed by atoms with Gasteiger partial charge >= 0.3 is 0 Å². The van der Waals surface area contributed by atoms with Crippen molar-refractivity contribution in [2.75, 3.05) is 6.61 Å². The number of carbonyl (C=O) groups is 2. The minimum absolute atomic E-state index is 0.0156. The molecule has 0 aromatic heterocycles. The highest BCUT2D eigenvalue weighted by Gasteiger charge is 2.26. The van der Waals surface area contributed by atoms with Crippen molar-refractivity contribution in [3.05, 3.63) is 62.6 Å². The van der Waals surface area contributed by atoms with Crippen LogP contribution in [0.3, 0.4) is 0 Å². The number of hydrogen-bond acceptors (Lipinski definition) is 5. The third kappa shape index (κ3) is 5.35. The summed E-state index contributed by atoms with van der Waals surface area (Å²) in [5.74, 6) is -0.140. The Kier molecular flexibility index (Phi) is 6.89. The van der Waals surface area contributed by atoms with Gasteiger partial charge in [-0.05, 0) is 76.5 Å². The lowest BCUT2D eigenvalue weighted by atomic mass is 10.1. The number of hydrogen-bond donors (Lipinski definition) is 2. The van der Waals surface area contributed by atoms with E-state index in [4.69, 9.17) is 33.3 Å². The Morgan fingerprint density at radius 1 is 1.14 bits per heavy atom. The van der Waals surface area contributed by atoms with Crippen LogP contribution >= 0.6 is 39.7 Å². The summed E-state index contributed by atoms with van der Waals surface area (Å²) in [6.07, 6.45) is 1.46. The van der Waals surface area contributed by atoms with E-state index in [1.165, 1.54) is 6.08 Å². The molecular formula is C20H16BrClN2O4S. The first kappa shape index (κ1) is 21.3. The number of nitrogens with one attached hydrogen (secondary N) is 2. The molecule has 0 radical (unpaired) electrons. The molecule has 2 amide bonds. The van der Waals surface area contributed by atoms with Crippen LogP contribution in [-0.2, 0) is 16.2 Å². The monoisotopic (exact) mass is 494 g/mol. The van der Waals surface area contributed by atoms with E-state index < -0.39 is 11.8 Å². The van der Waals surface area contributed by atoms with Gasteiger partial charge in [-0.1, -0.05) is 23.7 Å². The molecule has 1 fully saturated rings. The molecule has 150 valence electrons. The molecule has 3 rings (SSSR count). The van der Waals surface area contributed by atoms with Gasteiger partial charge in [0.05, 0.1) is 11.1 Å². The number of thiocarbonyl (C=S) groups is 1. The van der Waals surface area contributed by atoms with Gasteiger partial charge in [-0.15, -0.1) is 0 Å². The number of amides is 2. The Labute approximate surface area is 186 Å². The number of ether oxygens (including phenoxy) is 2. The molecular weight excluding hydrogens is 480 g/mol. The van der Waals surface area contributed by atoms with Crippen molar-refractivity contribution in [2.45, 2.75) is 13.5 Å². The Bertz CT molecular complexity index is 1000. The third-order valence-corrected chi connectivity index (χ3v) is 4.89. The average molecular weight is 496 g/mol. The Morgan fingerprint density at radius 2 is 1.86 bits per heavy atom. The maximum Gasteiger partial charge on any atom is 0.263 e. The van der Waals surface area contributed by atoms with E-state index in [1.54, 1.807) is 18.2 Å². The minimum Gasteiger partial charge on any atom is -0.490 e. The molecule has 2 aromatic carbocycles. The predicted octanol–water partition coefficient (Wildman–Crippen LogP) is 3.99. The second-order valence-corrected chi connectivity index (χ2v) is 7.68. The van der Waals surface area contributed by atoms with Gasteiger partial charge in [-0.3, -0.25) is 20.2 Å². The summed E-state index contributed by atoms with van der Waals surface area (Å²) in [6.45, 7) is 2.56. The van der Waals surface area contributed by atoms with Gasteiger partial charge < -0.3 is 9.47 Å². The van der Waals surface area contributed by atoms with Crippen LogP contribution in [0.5, 0.6) is 11.5 Å². The lowest BCUT2D eigenvalue weighted by Crippen LogP contribution is -2.51.